The van der Waals surface area contributed by atoms with E-state index >= 15 is 0 Å². The fourth-order valence-corrected chi connectivity index (χ4v) is 1.74. The molecule has 15 heavy (non-hydrogen) atoms. The van der Waals surface area contributed by atoms with Crippen LogP contribution in [-0.2, 0) is 4.74 Å². The largest absolute Gasteiger partial charge is 0.439 e. The number of cyclic esters (lactones) is 1. The molecule has 3 nitrogen and oxygen atoms in total. The molecule has 0 aliphatic carbocycles. The number of hydrogen-bond acceptors (Lipinski definition) is 2. The Morgan fingerprint density at radius 1 is 1.33 bits per heavy atom. The summed E-state index contributed by atoms with van der Waals surface area (Å²) < 4.78 is 5.31. The van der Waals surface area contributed by atoms with Gasteiger partial charge >= 0.3 is 6.09 Å². The zero-order valence-electron chi connectivity index (χ0n) is 9.01. The van der Waals surface area contributed by atoms with Crippen molar-refractivity contribution < 1.29 is 9.53 Å². The predicted octanol–water partition coefficient (Wildman–Crippen LogP) is 2.59. The summed E-state index contributed by atoms with van der Waals surface area (Å²) in [4.78, 5) is 13.3. The van der Waals surface area contributed by atoms with E-state index in [1.807, 2.05) is 44.2 Å². The van der Waals surface area contributed by atoms with Gasteiger partial charge in [-0.2, -0.15) is 0 Å². The first-order valence-electron chi connectivity index (χ1n) is 5.20. The summed E-state index contributed by atoms with van der Waals surface area (Å²) in [5.41, 5.74) is 1.06. The van der Waals surface area contributed by atoms with E-state index in [0.717, 1.165) is 5.56 Å². The fraction of sp³-hybridized carbons (Fsp3) is 0.417. The summed E-state index contributed by atoms with van der Waals surface area (Å²) in [6.45, 7) is 4.64. The van der Waals surface area contributed by atoms with Crippen LogP contribution < -0.4 is 0 Å². The van der Waals surface area contributed by atoms with E-state index in [-0.39, 0.29) is 18.2 Å². The van der Waals surface area contributed by atoms with Gasteiger partial charge in [0.15, 0.2) is 0 Å². The van der Waals surface area contributed by atoms with Gasteiger partial charge in [0.2, 0.25) is 0 Å². The molecule has 0 N–H and O–H groups in total. The van der Waals surface area contributed by atoms with Gasteiger partial charge in [-0.3, -0.25) is 0 Å². The van der Waals surface area contributed by atoms with Gasteiger partial charge < -0.3 is 9.64 Å². The first-order chi connectivity index (χ1) is 7.18. The summed E-state index contributed by atoms with van der Waals surface area (Å²) in [5, 5.41) is 0. The predicted molar refractivity (Wildman–Crippen MR) is 57.5 cm³/mol. The highest BCUT2D eigenvalue weighted by Gasteiger charge is 2.33. The molecule has 1 aliphatic heterocycles. The van der Waals surface area contributed by atoms with E-state index in [0.29, 0.717) is 6.54 Å². The Bertz CT molecular complexity index is 348. The topological polar surface area (TPSA) is 29.5 Å². The first-order valence-corrected chi connectivity index (χ1v) is 5.20. The number of ether oxygens (including phenoxy) is 1. The maximum atomic E-state index is 11.5. The summed E-state index contributed by atoms with van der Waals surface area (Å²) in [5.74, 6) is 0. The number of carbonyl (C=O) groups is 1. The average molecular weight is 205 g/mol. The minimum absolute atomic E-state index is 0.110. The van der Waals surface area contributed by atoms with Crippen LogP contribution in [0.4, 0.5) is 4.79 Å². The highest BCUT2D eigenvalue weighted by molar-refractivity contribution is 5.70. The number of hydrogen-bond donors (Lipinski definition) is 0. The van der Waals surface area contributed by atoms with E-state index < -0.39 is 0 Å². The van der Waals surface area contributed by atoms with E-state index in [2.05, 4.69) is 0 Å². The fourth-order valence-electron chi connectivity index (χ4n) is 1.74. The van der Waals surface area contributed by atoms with Crippen molar-refractivity contribution in [3.63, 3.8) is 0 Å². The first kappa shape index (κ1) is 10.0. The summed E-state index contributed by atoms with van der Waals surface area (Å²) >= 11 is 0. The molecular weight excluding hydrogens is 190 g/mol. The molecule has 0 bridgehead atoms. The van der Waals surface area contributed by atoms with Crippen molar-refractivity contribution in [1.82, 2.24) is 4.90 Å². The van der Waals surface area contributed by atoms with Gasteiger partial charge in [0.1, 0.15) is 6.10 Å². The van der Waals surface area contributed by atoms with Crippen LogP contribution in [0.15, 0.2) is 30.3 Å². The van der Waals surface area contributed by atoms with Crippen LogP contribution in [0.1, 0.15) is 25.5 Å². The highest BCUT2D eigenvalue weighted by atomic mass is 16.6. The molecule has 0 unspecified atom stereocenters. The molecule has 2 rings (SSSR count). The number of nitrogens with zero attached hydrogens (tertiary/aromatic N) is 1. The van der Waals surface area contributed by atoms with E-state index in [1.54, 1.807) is 4.90 Å². The second-order valence-electron chi connectivity index (χ2n) is 4.03. The van der Waals surface area contributed by atoms with Crippen molar-refractivity contribution in [2.24, 2.45) is 0 Å². The van der Waals surface area contributed by atoms with Crippen LogP contribution in [-0.4, -0.2) is 23.6 Å². The van der Waals surface area contributed by atoms with E-state index in [1.165, 1.54) is 0 Å². The maximum Gasteiger partial charge on any atom is 0.410 e. The Balaban J connectivity index is 2.13. The van der Waals surface area contributed by atoms with Gasteiger partial charge in [0, 0.05) is 6.04 Å². The number of amides is 1. The molecule has 1 heterocycles. The van der Waals surface area contributed by atoms with Crippen LogP contribution >= 0.6 is 0 Å². The van der Waals surface area contributed by atoms with E-state index in [9.17, 15) is 4.79 Å². The van der Waals surface area contributed by atoms with Crippen molar-refractivity contribution in [3.8, 4) is 0 Å². The van der Waals surface area contributed by atoms with Gasteiger partial charge in [-0.25, -0.2) is 4.79 Å². The molecule has 3 heteroatoms. The molecule has 1 aromatic rings. The van der Waals surface area contributed by atoms with Gasteiger partial charge in [-0.1, -0.05) is 30.3 Å². The monoisotopic (exact) mass is 205 g/mol. The maximum absolute atomic E-state index is 11.5. The zero-order valence-corrected chi connectivity index (χ0v) is 9.01. The second-order valence-corrected chi connectivity index (χ2v) is 4.03. The summed E-state index contributed by atoms with van der Waals surface area (Å²) in [7, 11) is 0. The van der Waals surface area contributed by atoms with Crippen molar-refractivity contribution in [2.75, 3.05) is 6.54 Å². The smallest absolute Gasteiger partial charge is 0.410 e. The highest BCUT2D eigenvalue weighted by Crippen LogP contribution is 2.26. The Kier molecular flexibility index (Phi) is 2.62. The Labute approximate surface area is 89.7 Å². The van der Waals surface area contributed by atoms with Gasteiger partial charge in [-0.05, 0) is 19.4 Å². The van der Waals surface area contributed by atoms with Crippen LogP contribution in [0, 0.1) is 0 Å². The third-order valence-corrected chi connectivity index (χ3v) is 2.63. The van der Waals surface area contributed by atoms with Crippen LogP contribution in [0.2, 0.25) is 0 Å². The molecule has 1 fully saturated rings. The molecule has 1 atom stereocenters. The summed E-state index contributed by atoms with van der Waals surface area (Å²) in [6.07, 6.45) is -0.319. The van der Waals surface area contributed by atoms with Gasteiger partial charge in [0.05, 0.1) is 6.54 Å². The molecule has 1 saturated heterocycles. The molecule has 0 spiro atoms. The standard InChI is InChI=1S/C12H15NO2/c1-9(2)13-8-11(15-12(13)14)10-6-4-3-5-7-10/h3-7,9,11H,8H2,1-2H3/t11-/m1/s1. The molecule has 0 aromatic heterocycles. The van der Waals surface area contributed by atoms with Crippen LogP contribution in [0.3, 0.4) is 0 Å². The van der Waals surface area contributed by atoms with Crippen molar-refractivity contribution in [3.05, 3.63) is 35.9 Å². The molecular formula is C12H15NO2. The van der Waals surface area contributed by atoms with Crippen molar-refractivity contribution in [2.45, 2.75) is 26.0 Å². The summed E-state index contributed by atoms with van der Waals surface area (Å²) in [6, 6.07) is 10.1. The van der Waals surface area contributed by atoms with Gasteiger partial charge in [0.25, 0.3) is 0 Å². The quantitative estimate of drug-likeness (QED) is 0.742. The normalized spacial score (nSPS) is 20.9. The Morgan fingerprint density at radius 3 is 2.53 bits per heavy atom. The Morgan fingerprint density at radius 2 is 2.00 bits per heavy atom. The molecule has 80 valence electrons. The van der Waals surface area contributed by atoms with Crippen molar-refractivity contribution in [1.29, 1.82) is 0 Å². The SMILES string of the molecule is CC(C)N1C[C@H](c2ccccc2)OC1=O. The lowest BCUT2D eigenvalue weighted by Crippen LogP contribution is -2.31. The number of carbonyl (C=O) groups excluding carboxylic acids is 1. The molecule has 0 saturated carbocycles. The van der Waals surface area contributed by atoms with Crippen LogP contribution in [0.25, 0.3) is 0 Å². The zero-order chi connectivity index (χ0) is 10.8. The third-order valence-electron chi connectivity index (χ3n) is 2.63. The molecule has 1 aromatic carbocycles. The lowest BCUT2D eigenvalue weighted by molar-refractivity contribution is 0.130. The van der Waals surface area contributed by atoms with E-state index in [4.69, 9.17) is 4.74 Å². The lowest BCUT2D eigenvalue weighted by atomic mass is 10.1. The van der Waals surface area contributed by atoms with Crippen molar-refractivity contribution >= 4 is 6.09 Å². The third kappa shape index (κ3) is 1.96. The van der Waals surface area contributed by atoms with Crippen LogP contribution in [0.5, 0.6) is 0 Å². The minimum atomic E-state index is -0.209. The minimum Gasteiger partial charge on any atom is -0.439 e. The molecule has 0 radical (unpaired) electrons. The second kappa shape index (κ2) is 3.93. The number of rotatable bonds is 2. The van der Waals surface area contributed by atoms with Gasteiger partial charge in [-0.15, -0.1) is 0 Å². The Hall–Kier alpha value is -1.51. The molecule has 1 aliphatic rings. The average Bonchev–Trinajstić information content (AvgIpc) is 2.62. The molecule has 1 amide bonds. The lowest BCUT2D eigenvalue weighted by Gasteiger charge is -2.16. The number of benzene rings is 1.